The first-order valence-electron chi connectivity index (χ1n) is 5.35. The van der Waals surface area contributed by atoms with E-state index in [0.29, 0.717) is 24.0 Å². The lowest BCUT2D eigenvalue weighted by atomic mass is 10.5. The molecular weight excluding hydrogens is 258 g/mol. The Balaban J connectivity index is 1.86. The van der Waals surface area contributed by atoms with Gasteiger partial charge < -0.3 is 5.32 Å². The van der Waals surface area contributed by atoms with Gasteiger partial charge in [-0.25, -0.2) is 13.1 Å². The van der Waals surface area contributed by atoms with E-state index in [1.165, 1.54) is 25.0 Å². The molecule has 0 aliphatic heterocycles. The molecule has 2 rings (SSSR count). The van der Waals surface area contributed by atoms with Gasteiger partial charge in [0.1, 0.15) is 15.2 Å². The van der Waals surface area contributed by atoms with Gasteiger partial charge in [0.05, 0.1) is 0 Å². The van der Waals surface area contributed by atoms with Crippen molar-refractivity contribution in [2.45, 2.75) is 23.1 Å². The largest absolute Gasteiger partial charge is 0.313 e. The van der Waals surface area contributed by atoms with Gasteiger partial charge in [0.15, 0.2) is 0 Å². The van der Waals surface area contributed by atoms with E-state index < -0.39 is 10.0 Å². The fourth-order valence-corrected chi connectivity index (χ4v) is 3.52. The summed E-state index contributed by atoms with van der Waals surface area (Å²) in [5, 5.41) is 11.9. The van der Waals surface area contributed by atoms with Crippen LogP contribution in [0.1, 0.15) is 17.7 Å². The highest BCUT2D eigenvalue weighted by atomic mass is 32.2. The van der Waals surface area contributed by atoms with Crippen molar-refractivity contribution in [3.63, 3.8) is 0 Å². The van der Waals surface area contributed by atoms with Crippen LogP contribution in [0.5, 0.6) is 0 Å². The van der Waals surface area contributed by atoms with Gasteiger partial charge in [0, 0.05) is 19.1 Å². The number of rotatable bonds is 6. The SMILES string of the molecule is N#Cc1ccc(S(=O)(=O)NCCNC2CC2)s1. The smallest absolute Gasteiger partial charge is 0.250 e. The molecule has 0 amide bonds. The summed E-state index contributed by atoms with van der Waals surface area (Å²) in [6, 6.07) is 5.47. The highest BCUT2D eigenvalue weighted by molar-refractivity contribution is 7.91. The topological polar surface area (TPSA) is 82.0 Å². The van der Waals surface area contributed by atoms with Crippen LogP contribution in [-0.4, -0.2) is 27.5 Å². The Hall–Kier alpha value is -0.940. The second-order valence-electron chi connectivity index (χ2n) is 3.86. The van der Waals surface area contributed by atoms with Gasteiger partial charge in [-0.1, -0.05) is 0 Å². The standard InChI is InChI=1S/C10H13N3O2S2/c11-7-9-3-4-10(16-9)17(14,15)13-6-5-12-8-1-2-8/h3-4,8,12-13H,1-2,5-6H2. The van der Waals surface area contributed by atoms with Crippen LogP contribution < -0.4 is 10.0 Å². The highest BCUT2D eigenvalue weighted by Crippen LogP contribution is 2.20. The summed E-state index contributed by atoms with van der Waals surface area (Å²) in [7, 11) is -3.45. The van der Waals surface area contributed by atoms with Crippen LogP contribution in [0.4, 0.5) is 0 Å². The Morgan fingerprint density at radius 2 is 2.18 bits per heavy atom. The molecule has 1 aliphatic rings. The molecule has 1 saturated carbocycles. The van der Waals surface area contributed by atoms with E-state index in [1.807, 2.05) is 6.07 Å². The second kappa shape index (κ2) is 5.14. The predicted octanol–water partition coefficient (Wildman–Crippen LogP) is 0.650. The van der Waals surface area contributed by atoms with Gasteiger partial charge in [0.2, 0.25) is 10.0 Å². The lowest BCUT2D eigenvalue weighted by Crippen LogP contribution is -2.32. The van der Waals surface area contributed by atoms with Crippen molar-refractivity contribution in [2.75, 3.05) is 13.1 Å². The Bertz CT molecular complexity index is 526. The molecular formula is C10H13N3O2S2. The van der Waals surface area contributed by atoms with Crippen molar-refractivity contribution in [1.82, 2.24) is 10.0 Å². The number of thiophene rings is 1. The Morgan fingerprint density at radius 3 is 2.76 bits per heavy atom. The molecule has 0 spiro atoms. The lowest BCUT2D eigenvalue weighted by molar-refractivity contribution is 0.577. The van der Waals surface area contributed by atoms with Crippen LogP contribution in [0.15, 0.2) is 16.3 Å². The van der Waals surface area contributed by atoms with E-state index in [4.69, 9.17) is 5.26 Å². The molecule has 0 radical (unpaired) electrons. The van der Waals surface area contributed by atoms with Crippen molar-refractivity contribution >= 4 is 21.4 Å². The molecule has 1 aliphatic carbocycles. The zero-order valence-electron chi connectivity index (χ0n) is 9.14. The second-order valence-corrected chi connectivity index (χ2v) is 6.93. The van der Waals surface area contributed by atoms with Crippen LogP contribution in [0.25, 0.3) is 0 Å². The molecule has 0 aromatic carbocycles. The number of nitrogens with one attached hydrogen (secondary N) is 2. The lowest BCUT2D eigenvalue weighted by Gasteiger charge is -2.05. The van der Waals surface area contributed by atoms with E-state index in [1.54, 1.807) is 0 Å². The summed E-state index contributed by atoms with van der Waals surface area (Å²) >= 11 is 0.985. The number of sulfonamides is 1. The fraction of sp³-hybridized carbons (Fsp3) is 0.500. The molecule has 7 heteroatoms. The zero-order valence-corrected chi connectivity index (χ0v) is 10.8. The number of hydrogen-bond acceptors (Lipinski definition) is 5. The summed E-state index contributed by atoms with van der Waals surface area (Å²) in [4.78, 5) is 0.404. The molecule has 92 valence electrons. The average Bonchev–Trinajstić information content (AvgIpc) is 2.98. The quantitative estimate of drug-likeness (QED) is 0.744. The summed E-state index contributed by atoms with van der Waals surface area (Å²) in [6.07, 6.45) is 2.37. The van der Waals surface area contributed by atoms with E-state index >= 15 is 0 Å². The minimum absolute atomic E-state index is 0.195. The Kier molecular flexibility index (Phi) is 3.79. The first-order valence-corrected chi connectivity index (χ1v) is 7.65. The molecule has 0 atom stereocenters. The van der Waals surface area contributed by atoms with E-state index in [0.717, 1.165) is 11.3 Å². The van der Waals surface area contributed by atoms with Crippen molar-refractivity contribution in [3.8, 4) is 6.07 Å². The summed E-state index contributed by atoms with van der Waals surface area (Å²) in [5.74, 6) is 0. The molecule has 1 aromatic rings. The average molecular weight is 271 g/mol. The Morgan fingerprint density at radius 1 is 1.41 bits per heavy atom. The predicted molar refractivity (Wildman–Crippen MR) is 65.2 cm³/mol. The molecule has 0 bridgehead atoms. The van der Waals surface area contributed by atoms with Crippen molar-refractivity contribution in [3.05, 3.63) is 17.0 Å². The van der Waals surface area contributed by atoms with E-state index in [2.05, 4.69) is 10.0 Å². The summed E-state index contributed by atoms with van der Waals surface area (Å²) in [5.41, 5.74) is 0. The van der Waals surface area contributed by atoms with Crippen molar-refractivity contribution in [2.24, 2.45) is 0 Å². The van der Waals surface area contributed by atoms with Gasteiger partial charge in [-0.3, -0.25) is 0 Å². The van der Waals surface area contributed by atoms with E-state index in [9.17, 15) is 8.42 Å². The third-order valence-corrected chi connectivity index (χ3v) is 5.33. The normalized spacial score (nSPS) is 15.7. The summed E-state index contributed by atoms with van der Waals surface area (Å²) in [6.45, 7) is 1.01. The third-order valence-electron chi connectivity index (χ3n) is 2.38. The first kappa shape index (κ1) is 12.5. The molecule has 5 nitrogen and oxygen atoms in total. The zero-order chi connectivity index (χ0) is 12.3. The first-order chi connectivity index (χ1) is 8.12. The molecule has 17 heavy (non-hydrogen) atoms. The third kappa shape index (κ3) is 3.51. The van der Waals surface area contributed by atoms with Crippen molar-refractivity contribution < 1.29 is 8.42 Å². The molecule has 1 aromatic heterocycles. The highest BCUT2D eigenvalue weighted by Gasteiger charge is 2.20. The minimum atomic E-state index is -3.45. The van der Waals surface area contributed by atoms with Gasteiger partial charge in [-0.05, 0) is 25.0 Å². The van der Waals surface area contributed by atoms with Crippen LogP contribution in [-0.2, 0) is 10.0 Å². The van der Waals surface area contributed by atoms with E-state index in [-0.39, 0.29) is 4.21 Å². The number of hydrogen-bond donors (Lipinski definition) is 2. The van der Waals surface area contributed by atoms with Gasteiger partial charge >= 0.3 is 0 Å². The molecule has 0 unspecified atom stereocenters. The fourth-order valence-electron chi connectivity index (χ4n) is 1.34. The van der Waals surface area contributed by atoms with Gasteiger partial charge in [-0.2, -0.15) is 5.26 Å². The van der Waals surface area contributed by atoms with Crippen LogP contribution in [0.3, 0.4) is 0 Å². The maximum atomic E-state index is 11.8. The molecule has 1 fully saturated rings. The maximum absolute atomic E-state index is 11.8. The molecule has 2 N–H and O–H groups in total. The van der Waals surface area contributed by atoms with Gasteiger partial charge in [0.25, 0.3) is 0 Å². The Labute approximate surface area is 105 Å². The van der Waals surface area contributed by atoms with Crippen LogP contribution in [0, 0.1) is 11.3 Å². The maximum Gasteiger partial charge on any atom is 0.250 e. The molecule has 1 heterocycles. The van der Waals surface area contributed by atoms with Gasteiger partial charge in [-0.15, -0.1) is 11.3 Å². The number of nitrogens with zero attached hydrogens (tertiary/aromatic N) is 1. The van der Waals surface area contributed by atoms with Crippen molar-refractivity contribution in [1.29, 1.82) is 5.26 Å². The number of nitriles is 1. The van der Waals surface area contributed by atoms with Crippen LogP contribution >= 0.6 is 11.3 Å². The molecule has 0 saturated heterocycles. The minimum Gasteiger partial charge on any atom is -0.313 e. The summed E-state index contributed by atoms with van der Waals surface area (Å²) < 4.78 is 26.3. The monoisotopic (exact) mass is 271 g/mol. The van der Waals surface area contributed by atoms with Crippen LogP contribution in [0.2, 0.25) is 0 Å².